The summed E-state index contributed by atoms with van der Waals surface area (Å²) in [6.07, 6.45) is 0.566. The molecule has 2 saturated carbocycles. The van der Waals surface area contributed by atoms with Crippen LogP contribution < -0.4 is 5.32 Å². The van der Waals surface area contributed by atoms with Crippen LogP contribution in [-0.2, 0) is 27.8 Å². The molecule has 0 spiro atoms. The number of carbonyl (C=O) groups excluding carboxylic acids is 2. The Hall–Kier alpha value is -3.18. The third kappa shape index (κ3) is 5.28. The zero-order valence-electron chi connectivity index (χ0n) is 23.4. The maximum atomic E-state index is 14.2. The predicted octanol–water partition coefficient (Wildman–Crippen LogP) is 5.22. The van der Waals surface area contributed by atoms with Crippen molar-refractivity contribution in [3.8, 4) is 0 Å². The van der Waals surface area contributed by atoms with Crippen LogP contribution in [0.25, 0.3) is 5.57 Å². The van der Waals surface area contributed by atoms with Crippen LogP contribution in [0.2, 0.25) is 5.02 Å². The molecule has 0 bridgehead atoms. The first kappa shape index (κ1) is 29.9. The number of hydrogen-bond donors (Lipinski definition) is 3. The average Bonchev–Trinajstić information content (AvgIpc) is 3.59. The zero-order valence-corrected chi connectivity index (χ0v) is 24.2. The number of aliphatic hydroxyl groups excluding tert-OH is 1. The fourth-order valence-corrected chi connectivity index (χ4v) is 7.28. The van der Waals surface area contributed by atoms with E-state index in [0.29, 0.717) is 56.3 Å². The smallest absolute Gasteiger partial charge is 0.398 e. The van der Waals surface area contributed by atoms with E-state index >= 15 is 0 Å². The van der Waals surface area contributed by atoms with Gasteiger partial charge in [-0.25, -0.2) is 0 Å². The molecule has 1 aromatic carbocycles. The van der Waals surface area contributed by atoms with Gasteiger partial charge in [-0.05, 0) is 81.4 Å². The number of aliphatic hydroxyl groups is 1. The average molecular weight is 620 g/mol. The van der Waals surface area contributed by atoms with E-state index in [9.17, 15) is 37.8 Å². The quantitative estimate of drug-likeness (QED) is 0.408. The van der Waals surface area contributed by atoms with Gasteiger partial charge in [-0.1, -0.05) is 29.8 Å². The fourth-order valence-electron chi connectivity index (χ4n) is 7.02. The Morgan fingerprint density at radius 1 is 1.07 bits per heavy atom. The SMILES string of the molecule is O=C(O)C1CC=C(c2nn(C(=O)c3c(Cl)cccc3C3(C(F)(F)F)CC3)c3c2CCC(C(=O)N[C@@H]2CCC[C@@H]2O)C3)CC1. The van der Waals surface area contributed by atoms with Gasteiger partial charge in [0.15, 0.2) is 0 Å². The maximum absolute atomic E-state index is 14.2. The van der Waals surface area contributed by atoms with Crippen molar-refractivity contribution >= 4 is 35.0 Å². The Balaban J connectivity index is 1.40. The molecule has 6 rings (SSSR count). The minimum Gasteiger partial charge on any atom is -0.481 e. The van der Waals surface area contributed by atoms with Crippen molar-refractivity contribution < 1.29 is 37.8 Å². The summed E-state index contributed by atoms with van der Waals surface area (Å²) in [4.78, 5) is 39.0. The van der Waals surface area contributed by atoms with Gasteiger partial charge in [0, 0.05) is 17.9 Å². The van der Waals surface area contributed by atoms with Gasteiger partial charge in [0.2, 0.25) is 5.91 Å². The standard InChI is InChI=1S/C31H33ClF3N3O5/c32-21-4-1-3-20(30(13-14-30)31(33,34)35)25(21)28(41)38-23-15-18(27(40)36-22-5-2-6-24(22)39)11-12-19(23)26(37-38)16-7-9-17(10-8-16)29(42)43/h1,3-4,7,17-18,22,24,39H,2,5-6,8-15H2,(H,36,40)(H,42,43)/t17?,18?,22-,24+/m1/s1. The molecule has 0 radical (unpaired) electrons. The van der Waals surface area contributed by atoms with Gasteiger partial charge in [-0.2, -0.15) is 23.0 Å². The summed E-state index contributed by atoms with van der Waals surface area (Å²) < 4.78 is 43.8. The number of carboxylic acid groups (broad SMARTS) is 1. The first-order valence-electron chi connectivity index (χ1n) is 14.8. The Morgan fingerprint density at radius 3 is 2.42 bits per heavy atom. The highest BCUT2D eigenvalue weighted by molar-refractivity contribution is 6.34. The molecule has 2 fully saturated rings. The van der Waals surface area contributed by atoms with Crippen LogP contribution in [-0.4, -0.2) is 56.1 Å². The van der Waals surface area contributed by atoms with Crippen molar-refractivity contribution in [1.82, 2.24) is 15.1 Å². The van der Waals surface area contributed by atoms with Crippen molar-refractivity contribution in [2.45, 2.75) is 94.4 Å². The molecule has 0 aliphatic heterocycles. The van der Waals surface area contributed by atoms with E-state index < -0.39 is 41.4 Å². The van der Waals surface area contributed by atoms with E-state index in [1.54, 1.807) is 0 Å². The van der Waals surface area contributed by atoms with Crippen molar-refractivity contribution in [3.63, 3.8) is 0 Å². The molecular formula is C31H33ClF3N3O5. The number of allylic oxidation sites excluding steroid dienone is 2. The second kappa shape index (κ2) is 11.1. The molecule has 4 aliphatic rings. The van der Waals surface area contributed by atoms with Gasteiger partial charge in [0.25, 0.3) is 5.91 Å². The van der Waals surface area contributed by atoms with Crippen LogP contribution >= 0.6 is 11.6 Å². The third-order valence-electron chi connectivity index (χ3n) is 9.74. The van der Waals surface area contributed by atoms with Crippen LogP contribution in [0.15, 0.2) is 24.3 Å². The Bertz CT molecular complexity index is 1510. The fraction of sp³-hybridized carbons (Fsp3) is 0.548. The van der Waals surface area contributed by atoms with E-state index in [0.717, 1.165) is 22.2 Å². The second-order valence-corrected chi connectivity index (χ2v) is 12.7. The van der Waals surface area contributed by atoms with Crippen LogP contribution in [0, 0.1) is 11.8 Å². The monoisotopic (exact) mass is 619 g/mol. The van der Waals surface area contributed by atoms with Crippen molar-refractivity contribution in [3.05, 3.63) is 57.4 Å². The van der Waals surface area contributed by atoms with Crippen molar-refractivity contribution in [2.24, 2.45) is 11.8 Å². The minimum atomic E-state index is -4.57. The van der Waals surface area contributed by atoms with Gasteiger partial charge < -0.3 is 15.5 Å². The van der Waals surface area contributed by atoms with E-state index in [2.05, 4.69) is 10.4 Å². The molecule has 4 atom stereocenters. The second-order valence-electron chi connectivity index (χ2n) is 12.3. The van der Waals surface area contributed by atoms with Gasteiger partial charge >= 0.3 is 12.1 Å². The largest absolute Gasteiger partial charge is 0.481 e. The molecule has 1 aromatic heterocycles. The molecule has 2 unspecified atom stereocenters. The maximum Gasteiger partial charge on any atom is 0.398 e. The highest BCUT2D eigenvalue weighted by atomic mass is 35.5. The first-order chi connectivity index (χ1) is 20.4. The Kier molecular flexibility index (Phi) is 7.69. The summed E-state index contributed by atoms with van der Waals surface area (Å²) in [5.74, 6) is -2.96. The summed E-state index contributed by atoms with van der Waals surface area (Å²) in [5, 5.41) is 27.1. The van der Waals surface area contributed by atoms with Gasteiger partial charge in [0.05, 0.1) is 45.5 Å². The molecule has 43 heavy (non-hydrogen) atoms. The third-order valence-corrected chi connectivity index (χ3v) is 10.1. The van der Waals surface area contributed by atoms with E-state index in [4.69, 9.17) is 11.6 Å². The van der Waals surface area contributed by atoms with Crippen LogP contribution in [0.4, 0.5) is 13.2 Å². The molecule has 0 saturated heterocycles. The number of halogens is 4. The lowest BCUT2D eigenvalue weighted by Crippen LogP contribution is -2.44. The van der Waals surface area contributed by atoms with Crippen LogP contribution in [0.1, 0.15) is 90.7 Å². The van der Waals surface area contributed by atoms with Gasteiger partial charge in [-0.3, -0.25) is 14.4 Å². The number of amides is 1. The molecule has 8 nitrogen and oxygen atoms in total. The van der Waals surface area contributed by atoms with E-state index in [1.807, 2.05) is 6.08 Å². The number of carboxylic acids is 1. The zero-order chi connectivity index (χ0) is 30.7. The molecule has 230 valence electrons. The molecule has 4 aliphatic carbocycles. The summed E-state index contributed by atoms with van der Waals surface area (Å²) in [5.41, 5.74) is -0.0918. The summed E-state index contributed by atoms with van der Waals surface area (Å²) in [7, 11) is 0. The molecule has 12 heteroatoms. The number of rotatable bonds is 6. The van der Waals surface area contributed by atoms with E-state index in [1.165, 1.54) is 18.2 Å². The van der Waals surface area contributed by atoms with Gasteiger partial charge in [-0.15, -0.1) is 0 Å². The Morgan fingerprint density at radius 2 is 1.81 bits per heavy atom. The lowest BCUT2D eigenvalue weighted by Gasteiger charge is -2.26. The minimum absolute atomic E-state index is 0.106. The van der Waals surface area contributed by atoms with Crippen LogP contribution in [0.3, 0.4) is 0 Å². The molecule has 2 aromatic rings. The normalized spacial score (nSPS) is 26.4. The molecular weight excluding hydrogens is 587 g/mol. The number of aromatic nitrogens is 2. The number of benzene rings is 1. The lowest BCUT2D eigenvalue weighted by atomic mass is 9.82. The molecule has 1 amide bonds. The predicted molar refractivity (Wildman–Crippen MR) is 151 cm³/mol. The molecule has 3 N–H and O–H groups in total. The number of carbonyl (C=O) groups is 3. The number of fused-ring (bicyclic) bond motifs is 1. The summed E-state index contributed by atoms with van der Waals surface area (Å²) in [6, 6.07) is 3.76. The first-order valence-corrected chi connectivity index (χ1v) is 15.2. The lowest BCUT2D eigenvalue weighted by molar-refractivity contribution is -0.160. The summed E-state index contributed by atoms with van der Waals surface area (Å²) >= 11 is 6.45. The highest BCUT2D eigenvalue weighted by Gasteiger charge is 2.65. The van der Waals surface area contributed by atoms with Gasteiger partial charge in [0.1, 0.15) is 0 Å². The van der Waals surface area contributed by atoms with Crippen LogP contribution in [0.5, 0.6) is 0 Å². The highest BCUT2D eigenvalue weighted by Crippen LogP contribution is 2.60. The van der Waals surface area contributed by atoms with Crippen molar-refractivity contribution in [1.29, 1.82) is 0 Å². The Labute approximate surface area is 251 Å². The number of alkyl halides is 3. The van der Waals surface area contributed by atoms with E-state index in [-0.39, 0.29) is 47.4 Å². The number of nitrogens with one attached hydrogen (secondary N) is 1. The topological polar surface area (TPSA) is 122 Å². The van der Waals surface area contributed by atoms with Crippen molar-refractivity contribution in [2.75, 3.05) is 0 Å². The molecule has 1 heterocycles. The summed E-state index contributed by atoms with van der Waals surface area (Å²) in [6.45, 7) is 0. The number of aliphatic carboxylic acids is 1. The number of hydrogen-bond acceptors (Lipinski definition) is 5. The number of nitrogens with zero attached hydrogens (tertiary/aromatic N) is 2.